The van der Waals surface area contributed by atoms with Crippen LogP contribution in [-0.2, 0) is 13.0 Å². The smallest absolute Gasteiger partial charge is 0.318 e. The highest BCUT2D eigenvalue weighted by Gasteiger charge is 2.43. The highest BCUT2D eigenvalue weighted by Crippen LogP contribution is 2.42. The number of urea groups is 1. The lowest BCUT2D eigenvalue weighted by Crippen LogP contribution is -2.47. The SMILES string of the molecule is Cc1ccc(CNC(=O)N2[C@H]3CC[C@@H]2c2cncnc2C3)cc1. The molecule has 5 heteroatoms. The molecule has 1 aromatic heterocycles. The fourth-order valence-corrected chi connectivity index (χ4v) is 3.71. The number of hydrogen-bond acceptors (Lipinski definition) is 3. The van der Waals surface area contributed by atoms with E-state index in [-0.39, 0.29) is 18.1 Å². The van der Waals surface area contributed by atoms with Gasteiger partial charge in [-0.25, -0.2) is 14.8 Å². The highest BCUT2D eigenvalue weighted by molar-refractivity contribution is 5.76. The van der Waals surface area contributed by atoms with Crippen molar-refractivity contribution in [2.75, 3.05) is 0 Å². The van der Waals surface area contributed by atoms with Gasteiger partial charge in [-0.3, -0.25) is 0 Å². The van der Waals surface area contributed by atoms with E-state index in [9.17, 15) is 4.79 Å². The molecule has 1 saturated heterocycles. The number of carbonyl (C=O) groups is 1. The molecule has 3 heterocycles. The summed E-state index contributed by atoms with van der Waals surface area (Å²) in [5, 5.41) is 3.07. The monoisotopic (exact) mass is 308 g/mol. The first-order chi connectivity index (χ1) is 11.2. The van der Waals surface area contributed by atoms with Crippen LogP contribution in [0.3, 0.4) is 0 Å². The second-order valence-corrected chi connectivity index (χ2v) is 6.43. The Bertz CT molecular complexity index is 728. The van der Waals surface area contributed by atoms with Crippen molar-refractivity contribution in [3.05, 3.63) is 59.2 Å². The average Bonchev–Trinajstić information content (AvgIpc) is 2.89. The Morgan fingerprint density at radius 2 is 2.13 bits per heavy atom. The van der Waals surface area contributed by atoms with Gasteiger partial charge in [0.1, 0.15) is 6.33 Å². The van der Waals surface area contributed by atoms with Crippen LogP contribution in [0.25, 0.3) is 0 Å². The van der Waals surface area contributed by atoms with Gasteiger partial charge in [-0.15, -0.1) is 0 Å². The normalized spacial score (nSPS) is 21.9. The van der Waals surface area contributed by atoms with Crippen LogP contribution in [0.2, 0.25) is 0 Å². The minimum absolute atomic E-state index is 0.0209. The van der Waals surface area contributed by atoms with E-state index in [1.54, 1.807) is 6.33 Å². The lowest BCUT2D eigenvalue weighted by Gasteiger charge is -2.35. The molecule has 1 N–H and O–H groups in total. The second-order valence-electron chi connectivity index (χ2n) is 6.43. The molecule has 118 valence electrons. The molecule has 2 aromatic rings. The molecule has 4 rings (SSSR count). The molecule has 2 bridgehead atoms. The van der Waals surface area contributed by atoms with Crippen LogP contribution in [-0.4, -0.2) is 26.9 Å². The van der Waals surface area contributed by atoms with E-state index in [4.69, 9.17) is 0 Å². The van der Waals surface area contributed by atoms with Crippen molar-refractivity contribution < 1.29 is 4.79 Å². The van der Waals surface area contributed by atoms with Crippen LogP contribution in [0.1, 0.15) is 41.3 Å². The summed E-state index contributed by atoms with van der Waals surface area (Å²) in [4.78, 5) is 23.2. The summed E-state index contributed by atoms with van der Waals surface area (Å²) in [5.41, 5.74) is 4.57. The number of carbonyl (C=O) groups excluding carboxylic acids is 1. The first kappa shape index (κ1) is 14.2. The van der Waals surface area contributed by atoms with Crippen LogP contribution >= 0.6 is 0 Å². The Hall–Kier alpha value is -2.43. The fourth-order valence-electron chi connectivity index (χ4n) is 3.71. The third-order valence-corrected chi connectivity index (χ3v) is 4.92. The number of nitrogens with zero attached hydrogens (tertiary/aromatic N) is 3. The zero-order valence-corrected chi connectivity index (χ0v) is 13.2. The number of benzene rings is 1. The van der Waals surface area contributed by atoms with Crippen molar-refractivity contribution in [3.8, 4) is 0 Å². The molecule has 2 aliphatic rings. The van der Waals surface area contributed by atoms with Crippen molar-refractivity contribution in [2.24, 2.45) is 0 Å². The predicted octanol–water partition coefficient (Wildman–Crippen LogP) is 2.76. The van der Waals surface area contributed by atoms with E-state index in [1.807, 2.05) is 11.1 Å². The lowest BCUT2D eigenvalue weighted by molar-refractivity contribution is 0.164. The number of hydrogen-bond donors (Lipinski definition) is 1. The molecule has 2 atom stereocenters. The summed E-state index contributed by atoms with van der Waals surface area (Å²) in [7, 11) is 0. The van der Waals surface area contributed by atoms with Gasteiger partial charge in [0.15, 0.2) is 0 Å². The molecule has 0 spiro atoms. The summed E-state index contributed by atoms with van der Waals surface area (Å²) in [5.74, 6) is 0. The zero-order valence-electron chi connectivity index (χ0n) is 13.2. The molecule has 2 amide bonds. The Morgan fingerprint density at radius 3 is 2.96 bits per heavy atom. The molecule has 0 unspecified atom stereocenters. The van der Waals surface area contributed by atoms with E-state index < -0.39 is 0 Å². The van der Waals surface area contributed by atoms with E-state index in [1.165, 1.54) is 5.56 Å². The minimum Gasteiger partial charge on any atom is -0.334 e. The van der Waals surface area contributed by atoms with Gasteiger partial charge in [-0.2, -0.15) is 0 Å². The quantitative estimate of drug-likeness (QED) is 0.928. The van der Waals surface area contributed by atoms with Gasteiger partial charge < -0.3 is 10.2 Å². The van der Waals surface area contributed by atoms with Gasteiger partial charge in [0.2, 0.25) is 0 Å². The average molecular weight is 308 g/mol. The van der Waals surface area contributed by atoms with Gasteiger partial charge in [0.05, 0.1) is 11.7 Å². The van der Waals surface area contributed by atoms with E-state index >= 15 is 0 Å². The number of aryl methyl sites for hydroxylation is 1. The number of aromatic nitrogens is 2. The molecule has 5 nitrogen and oxygen atoms in total. The summed E-state index contributed by atoms with van der Waals surface area (Å²) in [6, 6.07) is 8.67. The van der Waals surface area contributed by atoms with Crippen molar-refractivity contribution in [2.45, 2.75) is 44.8 Å². The van der Waals surface area contributed by atoms with Crippen LogP contribution in [0.15, 0.2) is 36.8 Å². The molecule has 1 aromatic carbocycles. The van der Waals surface area contributed by atoms with Gasteiger partial charge in [0, 0.05) is 30.8 Å². The van der Waals surface area contributed by atoms with Crippen LogP contribution in [0.4, 0.5) is 4.79 Å². The lowest BCUT2D eigenvalue weighted by atomic mass is 10.00. The maximum atomic E-state index is 12.7. The molecule has 0 radical (unpaired) electrons. The van der Waals surface area contributed by atoms with Crippen LogP contribution in [0.5, 0.6) is 0 Å². The Balaban J connectivity index is 1.48. The summed E-state index contributed by atoms with van der Waals surface area (Å²) < 4.78 is 0. The molecule has 0 aliphatic carbocycles. The Kier molecular flexibility index (Phi) is 3.48. The minimum atomic E-state index is 0.0209. The number of amides is 2. The fraction of sp³-hybridized carbons (Fsp3) is 0.389. The molecule has 2 aliphatic heterocycles. The first-order valence-electron chi connectivity index (χ1n) is 8.13. The van der Waals surface area contributed by atoms with Gasteiger partial charge in [-0.1, -0.05) is 29.8 Å². The van der Waals surface area contributed by atoms with Crippen molar-refractivity contribution in [1.29, 1.82) is 0 Å². The van der Waals surface area contributed by atoms with Crippen LogP contribution < -0.4 is 5.32 Å². The summed E-state index contributed by atoms with van der Waals surface area (Å²) >= 11 is 0. The van der Waals surface area contributed by atoms with Crippen molar-refractivity contribution >= 4 is 6.03 Å². The van der Waals surface area contributed by atoms with Crippen LogP contribution in [0, 0.1) is 6.92 Å². The van der Waals surface area contributed by atoms with E-state index in [2.05, 4.69) is 46.5 Å². The Labute approximate surface area is 135 Å². The third kappa shape index (κ3) is 2.56. The summed E-state index contributed by atoms with van der Waals surface area (Å²) in [6.07, 6.45) is 6.36. The standard InChI is InChI=1S/C18H20N4O/c1-12-2-4-13(5-3-12)9-20-18(23)22-14-6-7-17(22)15-10-19-11-21-16(15)8-14/h2-5,10-11,14,17H,6-9H2,1H3,(H,20,23)/t14-,17+/m0/s1. The third-order valence-electron chi connectivity index (χ3n) is 4.92. The van der Waals surface area contributed by atoms with Gasteiger partial charge in [-0.05, 0) is 25.3 Å². The maximum Gasteiger partial charge on any atom is 0.318 e. The molecular formula is C18H20N4O. The number of nitrogens with one attached hydrogen (secondary N) is 1. The van der Waals surface area contributed by atoms with E-state index in [0.29, 0.717) is 6.54 Å². The number of rotatable bonds is 2. The Morgan fingerprint density at radius 1 is 1.30 bits per heavy atom. The predicted molar refractivity (Wildman–Crippen MR) is 86.8 cm³/mol. The molecule has 23 heavy (non-hydrogen) atoms. The molecule has 0 saturated carbocycles. The maximum absolute atomic E-state index is 12.7. The largest absolute Gasteiger partial charge is 0.334 e. The van der Waals surface area contributed by atoms with Crippen molar-refractivity contribution in [1.82, 2.24) is 20.2 Å². The van der Waals surface area contributed by atoms with Gasteiger partial charge in [0.25, 0.3) is 0 Å². The van der Waals surface area contributed by atoms with Crippen molar-refractivity contribution in [3.63, 3.8) is 0 Å². The topological polar surface area (TPSA) is 58.1 Å². The zero-order chi connectivity index (χ0) is 15.8. The molecule has 1 fully saturated rings. The van der Waals surface area contributed by atoms with E-state index in [0.717, 1.165) is 36.1 Å². The highest BCUT2D eigenvalue weighted by atomic mass is 16.2. The number of fused-ring (bicyclic) bond motifs is 4. The van der Waals surface area contributed by atoms with Gasteiger partial charge >= 0.3 is 6.03 Å². The first-order valence-corrected chi connectivity index (χ1v) is 8.13. The summed E-state index contributed by atoms with van der Waals surface area (Å²) in [6.45, 7) is 2.63. The second kappa shape index (κ2) is 5.65. The molecular weight excluding hydrogens is 288 g/mol.